The molecule has 7 heteroatoms. The van der Waals surface area contributed by atoms with E-state index in [1.54, 1.807) is 41.8 Å². The minimum absolute atomic E-state index is 0.230. The maximum absolute atomic E-state index is 13.3. The van der Waals surface area contributed by atoms with Gasteiger partial charge in [0, 0.05) is 22.3 Å². The highest BCUT2D eigenvalue weighted by Gasteiger charge is 2.07. The number of benzene rings is 2. The standard InChI is InChI=1S/C23H17ClFN3OS/c24-21-12-19(7-9-22(21)29-14-16-3-1-4-18(25)11-16)28-23-17(13-26-15-27-23)6-8-20-5-2-10-30-20/h1-13,15H,14H2,(H,26,27,28)/b8-6+. The van der Waals surface area contributed by atoms with Gasteiger partial charge >= 0.3 is 0 Å². The molecule has 0 bridgehead atoms. The molecule has 4 nitrogen and oxygen atoms in total. The minimum Gasteiger partial charge on any atom is -0.487 e. The van der Waals surface area contributed by atoms with Gasteiger partial charge in [-0.05, 0) is 59.5 Å². The third-order valence-corrected chi connectivity index (χ3v) is 5.32. The summed E-state index contributed by atoms with van der Waals surface area (Å²) in [4.78, 5) is 9.58. The van der Waals surface area contributed by atoms with E-state index in [0.717, 1.165) is 21.7 Å². The predicted molar refractivity (Wildman–Crippen MR) is 121 cm³/mol. The number of ether oxygens (including phenoxy) is 1. The lowest BCUT2D eigenvalue weighted by Gasteiger charge is -2.12. The second-order valence-electron chi connectivity index (χ2n) is 6.36. The van der Waals surface area contributed by atoms with Crippen molar-refractivity contribution in [2.45, 2.75) is 6.61 Å². The Kier molecular flexibility index (Phi) is 6.37. The number of hydrogen-bond donors (Lipinski definition) is 1. The quantitative estimate of drug-likeness (QED) is 0.344. The molecule has 30 heavy (non-hydrogen) atoms. The zero-order valence-corrected chi connectivity index (χ0v) is 17.3. The first-order valence-electron chi connectivity index (χ1n) is 9.13. The highest BCUT2D eigenvalue weighted by atomic mass is 35.5. The maximum Gasteiger partial charge on any atom is 0.141 e. The smallest absolute Gasteiger partial charge is 0.141 e. The second kappa shape index (κ2) is 9.52. The van der Waals surface area contributed by atoms with E-state index < -0.39 is 0 Å². The zero-order chi connectivity index (χ0) is 20.8. The largest absolute Gasteiger partial charge is 0.487 e. The molecule has 2 aromatic heterocycles. The molecule has 0 aliphatic rings. The Balaban J connectivity index is 1.46. The molecule has 4 rings (SSSR count). The molecule has 0 saturated carbocycles. The van der Waals surface area contributed by atoms with Crippen LogP contribution >= 0.6 is 22.9 Å². The van der Waals surface area contributed by atoms with E-state index >= 15 is 0 Å². The van der Waals surface area contributed by atoms with Crippen LogP contribution in [0.3, 0.4) is 0 Å². The van der Waals surface area contributed by atoms with Crippen LogP contribution in [0.25, 0.3) is 12.2 Å². The average molecular weight is 438 g/mol. The van der Waals surface area contributed by atoms with Crippen molar-refractivity contribution < 1.29 is 9.13 Å². The molecule has 0 aliphatic carbocycles. The number of halogens is 2. The summed E-state index contributed by atoms with van der Waals surface area (Å²) >= 11 is 8.04. The number of aromatic nitrogens is 2. The van der Waals surface area contributed by atoms with E-state index in [-0.39, 0.29) is 12.4 Å². The number of nitrogens with zero attached hydrogens (tertiary/aromatic N) is 2. The topological polar surface area (TPSA) is 47.0 Å². The highest BCUT2D eigenvalue weighted by Crippen LogP contribution is 2.30. The molecule has 0 radical (unpaired) electrons. The Labute approximate surface area is 182 Å². The molecule has 0 atom stereocenters. The summed E-state index contributed by atoms with van der Waals surface area (Å²) in [5.74, 6) is 0.893. The fourth-order valence-electron chi connectivity index (χ4n) is 2.75. The van der Waals surface area contributed by atoms with Crippen LogP contribution in [0.2, 0.25) is 5.02 Å². The Bertz CT molecular complexity index is 1160. The van der Waals surface area contributed by atoms with Gasteiger partial charge in [0.05, 0.1) is 5.02 Å². The molecule has 0 amide bonds. The molecular formula is C23H17ClFN3OS. The lowest BCUT2D eigenvalue weighted by atomic mass is 10.2. The number of anilines is 2. The number of hydrogen-bond acceptors (Lipinski definition) is 5. The third-order valence-electron chi connectivity index (χ3n) is 4.19. The first-order chi connectivity index (χ1) is 14.7. The zero-order valence-electron chi connectivity index (χ0n) is 15.8. The normalized spacial score (nSPS) is 11.0. The predicted octanol–water partition coefficient (Wildman–Crippen LogP) is 6.82. The van der Waals surface area contributed by atoms with Crippen LogP contribution in [0, 0.1) is 5.82 Å². The van der Waals surface area contributed by atoms with E-state index in [4.69, 9.17) is 16.3 Å². The lowest BCUT2D eigenvalue weighted by Crippen LogP contribution is -1.99. The van der Waals surface area contributed by atoms with Crippen LogP contribution in [0.1, 0.15) is 16.0 Å². The van der Waals surface area contributed by atoms with Crippen molar-refractivity contribution in [3.63, 3.8) is 0 Å². The highest BCUT2D eigenvalue weighted by molar-refractivity contribution is 7.10. The van der Waals surface area contributed by atoms with E-state index in [1.165, 1.54) is 18.5 Å². The third kappa shape index (κ3) is 5.23. The molecule has 0 saturated heterocycles. The van der Waals surface area contributed by atoms with Crippen molar-refractivity contribution in [1.29, 1.82) is 0 Å². The van der Waals surface area contributed by atoms with Gasteiger partial charge in [0.25, 0.3) is 0 Å². The van der Waals surface area contributed by atoms with Gasteiger partial charge in [0.2, 0.25) is 0 Å². The van der Waals surface area contributed by atoms with E-state index in [2.05, 4.69) is 15.3 Å². The molecule has 0 aliphatic heterocycles. The summed E-state index contributed by atoms with van der Waals surface area (Å²) in [6.45, 7) is 0.230. The summed E-state index contributed by atoms with van der Waals surface area (Å²) in [5, 5.41) is 5.74. The Morgan fingerprint density at radius 1 is 1.10 bits per heavy atom. The Morgan fingerprint density at radius 2 is 2.03 bits per heavy atom. The van der Waals surface area contributed by atoms with Crippen molar-refractivity contribution in [3.05, 3.63) is 99.3 Å². The molecule has 4 aromatic rings. The second-order valence-corrected chi connectivity index (χ2v) is 7.75. The molecule has 0 spiro atoms. The van der Waals surface area contributed by atoms with Gasteiger partial charge in [0.1, 0.15) is 30.3 Å². The summed E-state index contributed by atoms with van der Waals surface area (Å²) in [5.41, 5.74) is 2.35. The first kappa shape index (κ1) is 20.1. The van der Waals surface area contributed by atoms with Crippen molar-refractivity contribution >= 4 is 46.6 Å². The van der Waals surface area contributed by atoms with Crippen LogP contribution < -0.4 is 10.1 Å². The number of rotatable bonds is 7. The van der Waals surface area contributed by atoms with Crippen molar-refractivity contribution in [1.82, 2.24) is 9.97 Å². The van der Waals surface area contributed by atoms with Crippen LogP contribution in [0.15, 0.2) is 72.5 Å². The Morgan fingerprint density at radius 3 is 2.83 bits per heavy atom. The minimum atomic E-state index is -0.296. The average Bonchev–Trinajstić information content (AvgIpc) is 3.26. The van der Waals surface area contributed by atoms with Gasteiger partial charge in [0.15, 0.2) is 0 Å². The van der Waals surface area contributed by atoms with Gasteiger partial charge in [-0.3, -0.25) is 0 Å². The van der Waals surface area contributed by atoms with Gasteiger partial charge in [-0.1, -0.05) is 29.8 Å². The lowest BCUT2D eigenvalue weighted by molar-refractivity contribution is 0.306. The van der Waals surface area contributed by atoms with E-state index in [0.29, 0.717) is 16.6 Å². The summed E-state index contributed by atoms with van der Waals surface area (Å²) in [7, 11) is 0. The van der Waals surface area contributed by atoms with E-state index in [1.807, 2.05) is 35.7 Å². The van der Waals surface area contributed by atoms with Crippen molar-refractivity contribution in [2.75, 3.05) is 5.32 Å². The molecule has 0 fully saturated rings. The van der Waals surface area contributed by atoms with Gasteiger partial charge in [-0.2, -0.15) is 0 Å². The SMILES string of the molecule is Fc1cccc(COc2ccc(Nc3ncncc3/C=C/c3cccs3)cc2Cl)c1. The maximum atomic E-state index is 13.3. The molecular weight excluding hydrogens is 421 g/mol. The number of thiophene rings is 1. The van der Waals surface area contributed by atoms with E-state index in [9.17, 15) is 4.39 Å². The van der Waals surface area contributed by atoms with Crippen LogP contribution in [0.5, 0.6) is 5.75 Å². The summed E-state index contributed by atoms with van der Waals surface area (Å²) in [6.07, 6.45) is 7.22. The van der Waals surface area contributed by atoms with Gasteiger partial charge in [-0.15, -0.1) is 11.3 Å². The van der Waals surface area contributed by atoms with Crippen LogP contribution in [0.4, 0.5) is 15.9 Å². The summed E-state index contributed by atoms with van der Waals surface area (Å²) < 4.78 is 19.0. The fourth-order valence-corrected chi connectivity index (χ4v) is 3.60. The molecule has 2 aromatic carbocycles. The fraction of sp³-hybridized carbons (Fsp3) is 0.0435. The molecule has 1 N–H and O–H groups in total. The molecule has 0 unspecified atom stereocenters. The van der Waals surface area contributed by atoms with Gasteiger partial charge in [-0.25, -0.2) is 14.4 Å². The monoisotopic (exact) mass is 437 g/mol. The van der Waals surface area contributed by atoms with Crippen LogP contribution in [-0.4, -0.2) is 9.97 Å². The van der Waals surface area contributed by atoms with Crippen molar-refractivity contribution in [2.24, 2.45) is 0 Å². The first-order valence-corrected chi connectivity index (χ1v) is 10.4. The molecule has 150 valence electrons. The number of nitrogens with one attached hydrogen (secondary N) is 1. The van der Waals surface area contributed by atoms with Gasteiger partial charge < -0.3 is 10.1 Å². The van der Waals surface area contributed by atoms with Crippen LogP contribution in [-0.2, 0) is 6.61 Å². The van der Waals surface area contributed by atoms with Crippen molar-refractivity contribution in [3.8, 4) is 5.75 Å². The summed E-state index contributed by atoms with van der Waals surface area (Å²) in [6, 6.07) is 15.7. The Hall–Kier alpha value is -3.22. The molecule has 2 heterocycles.